The monoisotopic (exact) mass is 325 g/mol. The minimum absolute atomic E-state index is 0.123. The van der Waals surface area contributed by atoms with Gasteiger partial charge < -0.3 is 5.11 Å². The number of nitrogens with one attached hydrogen (secondary N) is 1. The molecule has 0 saturated carbocycles. The van der Waals surface area contributed by atoms with Gasteiger partial charge in [-0.05, 0) is 24.3 Å². The van der Waals surface area contributed by atoms with Gasteiger partial charge >= 0.3 is 0 Å². The highest BCUT2D eigenvalue weighted by molar-refractivity contribution is 7.91. The molecule has 0 aromatic heterocycles. The summed E-state index contributed by atoms with van der Waals surface area (Å²) >= 11 is 0. The Morgan fingerprint density at radius 3 is 2.15 bits per heavy atom. The average molecular weight is 325 g/mol. The number of hydrogen-bond donors (Lipinski definition) is 3. The van der Waals surface area contributed by atoms with Crippen LogP contribution in [0.15, 0.2) is 29.2 Å². The topological polar surface area (TPSA) is 130 Å². The molecule has 1 aromatic carbocycles. The fourth-order valence-electron chi connectivity index (χ4n) is 1.24. The number of hydrogen-bond acceptors (Lipinski definition) is 7. The van der Waals surface area contributed by atoms with Gasteiger partial charge in [0.2, 0.25) is 0 Å². The van der Waals surface area contributed by atoms with Gasteiger partial charge in [0.25, 0.3) is 10.1 Å². The van der Waals surface area contributed by atoms with Crippen molar-refractivity contribution in [2.75, 3.05) is 30.2 Å². The van der Waals surface area contributed by atoms with Crippen LogP contribution < -0.4 is 5.48 Å². The molecule has 0 heterocycles. The first-order valence-electron chi connectivity index (χ1n) is 5.51. The SMILES string of the molecule is O=S(=O)(CCO)CCONc1ccc(S(=O)(=O)O)cc1. The van der Waals surface area contributed by atoms with Gasteiger partial charge in [-0.2, -0.15) is 8.42 Å². The maximum atomic E-state index is 11.2. The third-order valence-electron chi connectivity index (χ3n) is 2.24. The Balaban J connectivity index is 2.44. The third-order valence-corrected chi connectivity index (χ3v) is 4.70. The lowest BCUT2D eigenvalue weighted by molar-refractivity contribution is 0.211. The van der Waals surface area contributed by atoms with Gasteiger partial charge in [0, 0.05) is 0 Å². The first-order valence-corrected chi connectivity index (χ1v) is 8.77. The molecule has 0 radical (unpaired) electrons. The van der Waals surface area contributed by atoms with E-state index < -0.39 is 26.6 Å². The summed E-state index contributed by atoms with van der Waals surface area (Å²) in [5, 5.41) is 8.52. The van der Waals surface area contributed by atoms with Crippen LogP contribution in [0.25, 0.3) is 0 Å². The van der Waals surface area contributed by atoms with Crippen LogP contribution in [0.2, 0.25) is 0 Å². The van der Waals surface area contributed by atoms with Crippen molar-refractivity contribution in [2.24, 2.45) is 0 Å². The Bertz CT molecular complexity index is 622. The number of rotatable bonds is 8. The van der Waals surface area contributed by atoms with Crippen molar-refractivity contribution in [1.82, 2.24) is 0 Å². The lowest BCUT2D eigenvalue weighted by Gasteiger charge is -2.07. The van der Waals surface area contributed by atoms with Gasteiger partial charge in [0.15, 0.2) is 9.84 Å². The van der Waals surface area contributed by atoms with E-state index in [0.29, 0.717) is 5.69 Å². The van der Waals surface area contributed by atoms with Crippen LogP contribution in [0.3, 0.4) is 0 Å². The molecule has 0 spiro atoms. The van der Waals surface area contributed by atoms with E-state index in [1.807, 2.05) is 0 Å². The number of sulfone groups is 1. The highest BCUT2D eigenvalue weighted by atomic mass is 32.2. The zero-order valence-electron chi connectivity index (χ0n) is 10.4. The van der Waals surface area contributed by atoms with Gasteiger partial charge in [-0.1, -0.05) is 0 Å². The normalized spacial score (nSPS) is 12.3. The molecule has 1 aromatic rings. The molecule has 0 atom stereocenters. The average Bonchev–Trinajstić information content (AvgIpc) is 2.34. The molecule has 0 aliphatic rings. The van der Waals surface area contributed by atoms with Crippen molar-refractivity contribution in [2.45, 2.75) is 4.90 Å². The standard InChI is InChI=1S/C10H15NO7S2/c12-5-7-19(13,14)8-6-18-11-9-1-3-10(4-2-9)20(15,16)17/h1-4,11-12H,5-8H2,(H,15,16,17). The Morgan fingerprint density at radius 2 is 1.65 bits per heavy atom. The minimum atomic E-state index is -4.24. The van der Waals surface area contributed by atoms with E-state index in [4.69, 9.17) is 14.5 Å². The molecule has 0 aliphatic carbocycles. The fraction of sp³-hybridized carbons (Fsp3) is 0.400. The fourth-order valence-corrected chi connectivity index (χ4v) is 2.54. The van der Waals surface area contributed by atoms with Crippen LogP contribution in [0.4, 0.5) is 5.69 Å². The molecule has 1 rings (SSSR count). The van der Waals surface area contributed by atoms with Gasteiger partial charge in [0.05, 0.1) is 35.3 Å². The van der Waals surface area contributed by atoms with E-state index in [0.717, 1.165) is 0 Å². The summed E-state index contributed by atoms with van der Waals surface area (Å²) in [4.78, 5) is 4.65. The van der Waals surface area contributed by atoms with Gasteiger partial charge in [-0.25, -0.2) is 8.42 Å². The van der Waals surface area contributed by atoms with Crippen molar-refractivity contribution >= 4 is 25.6 Å². The molecule has 0 bridgehead atoms. The van der Waals surface area contributed by atoms with Crippen molar-refractivity contribution in [3.05, 3.63) is 24.3 Å². The Labute approximate surface area is 117 Å². The quantitative estimate of drug-likeness (QED) is 0.337. The van der Waals surface area contributed by atoms with Gasteiger partial charge in [-0.3, -0.25) is 14.9 Å². The van der Waals surface area contributed by atoms with Crippen molar-refractivity contribution < 1.29 is 31.3 Å². The van der Waals surface area contributed by atoms with Crippen LogP contribution in [0.5, 0.6) is 0 Å². The first kappa shape index (κ1) is 16.9. The van der Waals surface area contributed by atoms with Crippen molar-refractivity contribution in [3.63, 3.8) is 0 Å². The second kappa shape index (κ2) is 6.99. The molecule has 20 heavy (non-hydrogen) atoms. The second-order valence-corrected chi connectivity index (χ2v) is 7.55. The molecule has 0 aliphatic heterocycles. The molecule has 0 unspecified atom stereocenters. The summed E-state index contributed by atoms with van der Waals surface area (Å²) < 4.78 is 52.8. The zero-order valence-corrected chi connectivity index (χ0v) is 12.0. The second-order valence-electron chi connectivity index (χ2n) is 3.83. The number of aliphatic hydroxyl groups excluding tert-OH is 1. The third kappa shape index (κ3) is 5.84. The van der Waals surface area contributed by atoms with E-state index in [-0.39, 0.29) is 23.0 Å². The summed E-state index contributed by atoms with van der Waals surface area (Å²) in [5.41, 5.74) is 2.83. The summed E-state index contributed by atoms with van der Waals surface area (Å²) in [5.74, 6) is -0.566. The van der Waals surface area contributed by atoms with E-state index in [9.17, 15) is 16.8 Å². The molecule has 0 amide bonds. The highest BCUT2D eigenvalue weighted by Crippen LogP contribution is 2.13. The van der Waals surface area contributed by atoms with Crippen LogP contribution in [-0.4, -0.2) is 51.2 Å². The van der Waals surface area contributed by atoms with Gasteiger partial charge in [0.1, 0.15) is 0 Å². The predicted molar refractivity (Wildman–Crippen MR) is 71.6 cm³/mol. The smallest absolute Gasteiger partial charge is 0.294 e. The predicted octanol–water partition coefficient (Wildman–Crippen LogP) is -0.316. The van der Waals surface area contributed by atoms with Crippen LogP contribution in [-0.2, 0) is 24.8 Å². The molecule has 10 heteroatoms. The number of benzene rings is 1. The Morgan fingerprint density at radius 1 is 1.05 bits per heavy atom. The first-order chi connectivity index (χ1) is 9.24. The molecule has 0 fully saturated rings. The molecule has 8 nitrogen and oxygen atoms in total. The highest BCUT2D eigenvalue weighted by Gasteiger charge is 2.10. The zero-order chi connectivity index (χ0) is 15.2. The Kier molecular flexibility index (Phi) is 5.89. The summed E-state index contributed by atoms with van der Waals surface area (Å²) in [6.45, 7) is -0.560. The van der Waals surface area contributed by atoms with Crippen LogP contribution in [0, 0.1) is 0 Å². The van der Waals surface area contributed by atoms with Crippen LogP contribution >= 0.6 is 0 Å². The van der Waals surface area contributed by atoms with E-state index in [2.05, 4.69) is 5.48 Å². The molecule has 0 saturated heterocycles. The minimum Gasteiger partial charge on any atom is -0.395 e. The van der Waals surface area contributed by atoms with E-state index >= 15 is 0 Å². The summed E-state index contributed by atoms with van der Waals surface area (Å²) in [6.07, 6.45) is 0. The molecular weight excluding hydrogens is 310 g/mol. The van der Waals surface area contributed by atoms with Crippen LogP contribution in [0.1, 0.15) is 0 Å². The maximum absolute atomic E-state index is 11.2. The van der Waals surface area contributed by atoms with E-state index in [1.165, 1.54) is 24.3 Å². The largest absolute Gasteiger partial charge is 0.395 e. The lowest BCUT2D eigenvalue weighted by Crippen LogP contribution is -2.19. The van der Waals surface area contributed by atoms with Crippen molar-refractivity contribution in [3.8, 4) is 0 Å². The summed E-state index contributed by atoms with van der Waals surface area (Å²) in [7, 11) is -7.58. The van der Waals surface area contributed by atoms with Gasteiger partial charge in [-0.15, -0.1) is 0 Å². The molecule has 3 N–H and O–H groups in total. The number of anilines is 1. The summed E-state index contributed by atoms with van der Waals surface area (Å²) in [6, 6.07) is 5.05. The molecular formula is C10H15NO7S2. The van der Waals surface area contributed by atoms with E-state index in [1.54, 1.807) is 0 Å². The maximum Gasteiger partial charge on any atom is 0.294 e. The molecule has 114 valence electrons. The lowest BCUT2D eigenvalue weighted by atomic mass is 10.3. The van der Waals surface area contributed by atoms with Crippen molar-refractivity contribution in [1.29, 1.82) is 0 Å². The number of aliphatic hydroxyl groups is 1. The Hall–Kier alpha value is -1.20.